The fourth-order valence-corrected chi connectivity index (χ4v) is 2.71. The van der Waals surface area contributed by atoms with Crippen molar-refractivity contribution in [3.63, 3.8) is 0 Å². The second-order valence-electron chi connectivity index (χ2n) is 5.52. The smallest absolute Gasteiger partial charge is 0.191 e. The number of rotatable bonds is 4. The summed E-state index contributed by atoms with van der Waals surface area (Å²) in [4.78, 5) is 8.84. The van der Waals surface area contributed by atoms with Crippen molar-refractivity contribution in [1.29, 1.82) is 0 Å². The Morgan fingerprint density at radius 1 is 1.32 bits per heavy atom. The highest BCUT2D eigenvalue weighted by Gasteiger charge is 2.29. The summed E-state index contributed by atoms with van der Waals surface area (Å²) < 4.78 is 0. The molecule has 0 amide bonds. The Labute approximate surface area is 115 Å². The fourth-order valence-electron chi connectivity index (χ4n) is 2.71. The summed E-state index contributed by atoms with van der Waals surface area (Å²) in [6.45, 7) is 7.01. The summed E-state index contributed by atoms with van der Waals surface area (Å²) >= 11 is 0. The normalized spacial score (nSPS) is 19.1. The zero-order chi connectivity index (χ0) is 14.0. The number of aliphatic imine (C=N–C) groups is 1. The number of guanidine groups is 1. The van der Waals surface area contributed by atoms with E-state index in [2.05, 4.69) is 60.9 Å². The number of hydrogen-bond donors (Lipinski definition) is 1. The molecule has 0 fully saturated rings. The molecule has 0 spiro atoms. The van der Waals surface area contributed by atoms with Crippen molar-refractivity contribution in [1.82, 2.24) is 9.80 Å². The van der Waals surface area contributed by atoms with Crippen LogP contribution < -0.4 is 5.73 Å². The van der Waals surface area contributed by atoms with Gasteiger partial charge in [0.25, 0.3) is 0 Å². The number of aryl methyl sites for hydroxylation is 2. The number of benzene rings is 1. The first-order valence-electron chi connectivity index (χ1n) is 6.78. The minimum Gasteiger partial charge on any atom is -0.370 e. The van der Waals surface area contributed by atoms with Crippen LogP contribution in [0.1, 0.15) is 22.7 Å². The quantitative estimate of drug-likeness (QED) is 0.893. The van der Waals surface area contributed by atoms with E-state index in [4.69, 9.17) is 5.73 Å². The first kappa shape index (κ1) is 13.9. The molecule has 1 heterocycles. The lowest BCUT2D eigenvalue weighted by molar-refractivity contribution is 0.292. The SMILES string of the molecule is Cc1cccc(C)c1C1CN=C(N)N1CCN(C)C. The summed E-state index contributed by atoms with van der Waals surface area (Å²) in [5, 5.41) is 0. The van der Waals surface area contributed by atoms with Gasteiger partial charge in [-0.15, -0.1) is 0 Å². The molecule has 0 radical (unpaired) electrons. The van der Waals surface area contributed by atoms with E-state index in [0.717, 1.165) is 19.6 Å². The van der Waals surface area contributed by atoms with Crippen LogP contribution >= 0.6 is 0 Å². The van der Waals surface area contributed by atoms with Crippen molar-refractivity contribution >= 4 is 5.96 Å². The van der Waals surface area contributed by atoms with Gasteiger partial charge in [0.05, 0.1) is 12.6 Å². The molecule has 104 valence electrons. The summed E-state index contributed by atoms with van der Waals surface area (Å²) in [6, 6.07) is 6.74. The van der Waals surface area contributed by atoms with Crippen LogP contribution in [0.25, 0.3) is 0 Å². The van der Waals surface area contributed by atoms with E-state index in [1.165, 1.54) is 16.7 Å². The van der Waals surface area contributed by atoms with Crippen molar-refractivity contribution < 1.29 is 0 Å². The average Bonchev–Trinajstić information content (AvgIpc) is 2.68. The molecule has 1 atom stereocenters. The highest BCUT2D eigenvalue weighted by molar-refractivity contribution is 5.80. The molecule has 0 bridgehead atoms. The largest absolute Gasteiger partial charge is 0.370 e. The van der Waals surface area contributed by atoms with Crippen LogP contribution in [0.3, 0.4) is 0 Å². The van der Waals surface area contributed by atoms with E-state index in [1.807, 2.05) is 0 Å². The maximum absolute atomic E-state index is 6.05. The molecule has 1 aliphatic heterocycles. The second-order valence-corrected chi connectivity index (χ2v) is 5.52. The zero-order valence-electron chi connectivity index (χ0n) is 12.3. The van der Waals surface area contributed by atoms with Gasteiger partial charge in [0.1, 0.15) is 0 Å². The molecule has 0 saturated heterocycles. The van der Waals surface area contributed by atoms with E-state index in [0.29, 0.717) is 12.0 Å². The van der Waals surface area contributed by atoms with Gasteiger partial charge in [-0.3, -0.25) is 4.99 Å². The predicted molar refractivity (Wildman–Crippen MR) is 80.4 cm³/mol. The first-order chi connectivity index (χ1) is 9.00. The molecule has 0 aromatic heterocycles. The summed E-state index contributed by atoms with van der Waals surface area (Å²) in [5.74, 6) is 0.675. The van der Waals surface area contributed by atoms with Crippen LogP contribution in [0.4, 0.5) is 0 Å². The molecule has 2 rings (SSSR count). The molecule has 2 N–H and O–H groups in total. The van der Waals surface area contributed by atoms with Gasteiger partial charge in [-0.2, -0.15) is 0 Å². The van der Waals surface area contributed by atoms with E-state index in [-0.39, 0.29) is 0 Å². The Bertz CT molecular complexity index is 459. The molecule has 1 unspecified atom stereocenters. The lowest BCUT2D eigenvalue weighted by Gasteiger charge is -2.29. The lowest BCUT2D eigenvalue weighted by Crippen LogP contribution is -2.40. The van der Waals surface area contributed by atoms with E-state index in [9.17, 15) is 0 Å². The Morgan fingerprint density at radius 3 is 2.53 bits per heavy atom. The fraction of sp³-hybridized carbons (Fsp3) is 0.533. The number of nitrogens with two attached hydrogens (primary N) is 1. The van der Waals surface area contributed by atoms with Crippen molar-refractivity contribution in [3.05, 3.63) is 34.9 Å². The van der Waals surface area contributed by atoms with Gasteiger partial charge in [0.2, 0.25) is 0 Å². The Hall–Kier alpha value is -1.55. The summed E-state index contributed by atoms with van der Waals surface area (Å²) in [5.41, 5.74) is 10.1. The van der Waals surface area contributed by atoms with Crippen LogP contribution in [0.5, 0.6) is 0 Å². The van der Waals surface area contributed by atoms with Crippen molar-refractivity contribution in [3.8, 4) is 0 Å². The van der Waals surface area contributed by atoms with E-state index < -0.39 is 0 Å². The third kappa shape index (κ3) is 2.89. The maximum Gasteiger partial charge on any atom is 0.191 e. The summed E-state index contributed by atoms with van der Waals surface area (Å²) in [6.07, 6.45) is 0. The average molecular weight is 260 g/mol. The molecule has 1 aliphatic rings. The topological polar surface area (TPSA) is 44.9 Å². The number of hydrogen-bond acceptors (Lipinski definition) is 4. The van der Waals surface area contributed by atoms with Gasteiger partial charge < -0.3 is 15.5 Å². The third-order valence-electron chi connectivity index (χ3n) is 3.76. The third-order valence-corrected chi connectivity index (χ3v) is 3.76. The van der Waals surface area contributed by atoms with Crippen LogP contribution in [-0.2, 0) is 0 Å². The Kier molecular flexibility index (Phi) is 4.10. The number of likely N-dealkylation sites (N-methyl/N-ethyl adjacent to an activating group) is 1. The Balaban J connectivity index is 2.24. The highest BCUT2D eigenvalue weighted by atomic mass is 15.3. The molecule has 0 aliphatic carbocycles. The van der Waals surface area contributed by atoms with Crippen LogP contribution in [0.2, 0.25) is 0 Å². The first-order valence-corrected chi connectivity index (χ1v) is 6.78. The van der Waals surface area contributed by atoms with Crippen molar-refractivity contribution in [2.24, 2.45) is 10.7 Å². The standard InChI is InChI=1S/C15H24N4/c1-11-6-5-7-12(2)14(11)13-10-17-15(16)19(13)9-8-18(3)4/h5-7,13H,8-10H2,1-4H3,(H2,16,17). The second kappa shape index (κ2) is 5.61. The zero-order valence-corrected chi connectivity index (χ0v) is 12.3. The van der Waals surface area contributed by atoms with Gasteiger partial charge in [-0.05, 0) is 44.6 Å². The van der Waals surface area contributed by atoms with Gasteiger partial charge in [-0.25, -0.2) is 0 Å². The molecular formula is C15H24N4. The van der Waals surface area contributed by atoms with Crippen molar-refractivity contribution in [2.75, 3.05) is 33.7 Å². The van der Waals surface area contributed by atoms with Crippen LogP contribution in [0, 0.1) is 13.8 Å². The molecule has 19 heavy (non-hydrogen) atoms. The Morgan fingerprint density at radius 2 is 1.95 bits per heavy atom. The summed E-state index contributed by atoms with van der Waals surface area (Å²) in [7, 11) is 4.16. The predicted octanol–water partition coefficient (Wildman–Crippen LogP) is 1.54. The molecule has 1 aromatic rings. The monoisotopic (exact) mass is 260 g/mol. The molecule has 1 aromatic carbocycles. The van der Waals surface area contributed by atoms with Gasteiger partial charge in [0.15, 0.2) is 5.96 Å². The van der Waals surface area contributed by atoms with Gasteiger partial charge >= 0.3 is 0 Å². The van der Waals surface area contributed by atoms with E-state index >= 15 is 0 Å². The minimum atomic E-state index is 0.293. The maximum atomic E-state index is 6.05. The van der Waals surface area contributed by atoms with Crippen LogP contribution in [0.15, 0.2) is 23.2 Å². The van der Waals surface area contributed by atoms with Gasteiger partial charge in [0, 0.05) is 13.1 Å². The highest BCUT2D eigenvalue weighted by Crippen LogP contribution is 2.30. The minimum absolute atomic E-state index is 0.293. The van der Waals surface area contributed by atoms with E-state index in [1.54, 1.807) is 0 Å². The van der Waals surface area contributed by atoms with Gasteiger partial charge in [-0.1, -0.05) is 18.2 Å². The molecular weight excluding hydrogens is 236 g/mol. The molecule has 4 nitrogen and oxygen atoms in total. The lowest BCUT2D eigenvalue weighted by atomic mass is 9.95. The van der Waals surface area contributed by atoms with Crippen molar-refractivity contribution in [2.45, 2.75) is 19.9 Å². The number of nitrogens with zero attached hydrogens (tertiary/aromatic N) is 3. The van der Waals surface area contributed by atoms with Crippen LogP contribution in [-0.4, -0.2) is 49.5 Å². The molecule has 4 heteroatoms. The molecule has 0 saturated carbocycles.